The maximum atomic E-state index is 12.6. The van der Waals surface area contributed by atoms with Gasteiger partial charge in [-0.1, -0.05) is 46.3 Å². The molecular formula is C17H16BrNO. The number of carbonyl (C=O) groups is 1. The van der Waals surface area contributed by atoms with Crippen LogP contribution in [0.25, 0.3) is 0 Å². The summed E-state index contributed by atoms with van der Waals surface area (Å²) in [5.74, 6) is 0.170. The Labute approximate surface area is 127 Å². The third-order valence-electron chi connectivity index (χ3n) is 3.84. The lowest BCUT2D eigenvalue weighted by Gasteiger charge is -2.15. The lowest BCUT2D eigenvalue weighted by Crippen LogP contribution is -2.29. The second-order valence-electron chi connectivity index (χ2n) is 5.02. The Morgan fingerprint density at radius 2 is 1.80 bits per heavy atom. The van der Waals surface area contributed by atoms with Crippen molar-refractivity contribution in [2.75, 3.05) is 11.4 Å². The molecule has 102 valence electrons. The number of fused-ring (bicyclic) bond motifs is 1. The molecule has 0 spiro atoms. The minimum Gasteiger partial charge on any atom is -0.312 e. The second kappa shape index (κ2) is 5.41. The molecular weight excluding hydrogens is 314 g/mol. The van der Waals surface area contributed by atoms with Crippen molar-refractivity contribution in [3.63, 3.8) is 0 Å². The molecule has 0 saturated heterocycles. The van der Waals surface area contributed by atoms with Crippen LogP contribution in [0.5, 0.6) is 0 Å². The molecule has 0 saturated carbocycles. The minimum absolute atomic E-state index is 0.0488. The summed E-state index contributed by atoms with van der Waals surface area (Å²) in [6.45, 7) is 2.75. The first-order valence-corrected chi connectivity index (χ1v) is 7.64. The summed E-state index contributed by atoms with van der Waals surface area (Å²) in [6, 6.07) is 16.3. The van der Waals surface area contributed by atoms with E-state index >= 15 is 0 Å². The average molecular weight is 330 g/mol. The van der Waals surface area contributed by atoms with Gasteiger partial charge in [0.15, 0.2) is 0 Å². The summed E-state index contributed by atoms with van der Waals surface area (Å²) < 4.78 is 1.06. The normalized spacial score (nSPS) is 17.4. The fourth-order valence-electron chi connectivity index (χ4n) is 2.85. The van der Waals surface area contributed by atoms with E-state index in [1.165, 1.54) is 5.56 Å². The van der Waals surface area contributed by atoms with Crippen LogP contribution in [-0.2, 0) is 11.2 Å². The van der Waals surface area contributed by atoms with Crippen LogP contribution < -0.4 is 4.90 Å². The number of hydrogen-bond acceptors (Lipinski definition) is 1. The number of para-hydroxylation sites is 1. The predicted octanol–water partition coefficient (Wildman–Crippen LogP) is 4.14. The molecule has 3 heteroatoms. The molecule has 0 bridgehead atoms. The summed E-state index contributed by atoms with van der Waals surface area (Å²) in [5.41, 5.74) is 3.42. The van der Waals surface area contributed by atoms with E-state index in [9.17, 15) is 4.79 Å². The number of nitrogens with zero attached hydrogens (tertiary/aromatic N) is 1. The molecule has 0 aromatic heterocycles. The van der Waals surface area contributed by atoms with E-state index in [1.54, 1.807) is 0 Å². The molecule has 1 heterocycles. The minimum atomic E-state index is -0.0488. The van der Waals surface area contributed by atoms with Gasteiger partial charge >= 0.3 is 0 Å². The van der Waals surface area contributed by atoms with Crippen LogP contribution in [-0.4, -0.2) is 12.5 Å². The quantitative estimate of drug-likeness (QED) is 0.828. The molecule has 20 heavy (non-hydrogen) atoms. The number of likely N-dealkylation sites (N-methyl/N-ethyl adjacent to an activating group) is 1. The van der Waals surface area contributed by atoms with E-state index in [2.05, 4.69) is 34.1 Å². The Balaban J connectivity index is 1.94. The number of halogens is 1. The Morgan fingerprint density at radius 1 is 1.10 bits per heavy atom. The zero-order valence-electron chi connectivity index (χ0n) is 11.3. The van der Waals surface area contributed by atoms with Crippen LogP contribution in [0.2, 0.25) is 0 Å². The van der Waals surface area contributed by atoms with Crippen molar-refractivity contribution in [2.45, 2.75) is 19.3 Å². The van der Waals surface area contributed by atoms with Crippen molar-refractivity contribution in [1.29, 1.82) is 0 Å². The predicted molar refractivity (Wildman–Crippen MR) is 85.1 cm³/mol. The third kappa shape index (κ3) is 2.27. The topological polar surface area (TPSA) is 20.3 Å². The van der Waals surface area contributed by atoms with Crippen molar-refractivity contribution >= 4 is 27.5 Å². The van der Waals surface area contributed by atoms with Crippen LogP contribution in [0, 0.1) is 0 Å². The maximum Gasteiger partial charge on any atom is 0.234 e. The molecule has 1 aliphatic rings. The largest absolute Gasteiger partial charge is 0.312 e. The van der Waals surface area contributed by atoms with Gasteiger partial charge in [0, 0.05) is 16.7 Å². The molecule has 1 unspecified atom stereocenters. The van der Waals surface area contributed by atoms with E-state index in [1.807, 2.05) is 42.2 Å². The highest BCUT2D eigenvalue weighted by Gasteiger charge is 2.35. The fraction of sp³-hybridized carbons (Fsp3) is 0.235. The van der Waals surface area contributed by atoms with Crippen LogP contribution in [0.3, 0.4) is 0 Å². The van der Waals surface area contributed by atoms with Gasteiger partial charge in [0.25, 0.3) is 0 Å². The van der Waals surface area contributed by atoms with E-state index in [-0.39, 0.29) is 11.8 Å². The molecule has 3 rings (SSSR count). The summed E-state index contributed by atoms with van der Waals surface area (Å²) >= 11 is 3.44. The molecule has 0 N–H and O–H groups in total. The molecule has 0 radical (unpaired) electrons. The average Bonchev–Trinajstić information content (AvgIpc) is 2.74. The first-order chi connectivity index (χ1) is 9.70. The van der Waals surface area contributed by atoms with E-state index < -0.39 is 0 Å². The lowest BCUT2D eigenvalue weighted by molar-refractivity contribution is -0.119. The number of rotatable bonds is 3. The SMILES string of the molecule is CCN1C(=O)C(Cc2ccc(Br)cc2)c2ccccc21. The van der Waals surface area contributed by atoms with Gasteiger partial charge in [0.2, 0.25) is 5.91 Å². The Hall–Kier alpha value is -1.61. The van der Waals surface area contributed by atoms with Gasteiger partial charge in [-0.05, 0) is 42.7 Å². The third-order valence-corrected chi connectivity index (χ3v) is 4.37. The summed E-state index contributed by atoms with van der Waals surface area (Å²) in [6.07, 6.45) is 0.764. The molecule has 0 aliphatic carbocycles. The lowest BCUT2D eigenvalue weighted by atomic mass is 9.93. The van der Waals surface area contributed by atoms with Gasteiger partial charge in [-0.2, -0.15) is 0 Å². The zero-order chi connectivity index (χ0) is 14.1. The van der Waals surface area contributed by atoms with Crippen molar-refractivity contribution in [3.05, 3.63) is 64.1 Å². The Morgan fingerprint density at radius 3 is 2.50 bits per heavy atom. The monoisotopic (exact) mass is 329 g/mol. The van der Waals surface area contributed by atoms with Gasteiger partial charge in [0.1, 0.15) is 0 Å². The number of hydrogen-bond donors (Lipinski definition) is 0. The van der Waals surface area contributed by atoms with Crippen molar-refractivity contribution < 1.29 is 4.79 Å². The molecule has 2 aromatic rings. The number of carbonyl (C=O) groups excluding carboxylic acids is 1. The highest BCUT2D eigenvalue weighted by atomic mass is 79.9. The van der Waals surface area contributed by atoms with E-state index in [0.29, 0.717) is 0 Å². The van der Waals surface area contributed by atoms with Crippen LogP contribution in [0.1, 0.15) is 24.0 Å². The number of benzene rings is 2. The highest BCUT2D eigenvalue weighted by molar-refractivity contribution is 9.10. The van der Waals surface area contributed by atoms with Gasteiger partial charge in [-0.15, -0.1) is 0 Å². The van der Waals surface area contributed by atoms with E-state index in [4.69, 9.17) is 0 Å². The Bertz CT molecular complexity index is 636. The Kier molecular flexibility index (Phi) is 3.62. The van der Waals surface area contributed by atoms with Gasteiger partial charge in [-0.3, -0.25) is 4.79 Å². The zero-order valence-corrected chi connectivity index (χ0v) is 12.9. The maximum absolute atomic E-state index is 12.6. The molecule has 2 aromatic carbocycles. The first kappa shape index (κ1) is 13.4. The summed E-state index contributed by atoms with van der Waals surface area (Å²) in [5, 5.41) is 0. The number of amides is 1. The van der Waals surface area contributed by atoms with Crippen LogP contribution >= 0.6 is 15.9 Å². The van der Waals surface area contributed by atoms with Crippen molar-refractivity contribution in [1.82, 2.24) is 0 Å². The first-order valence-electron chi connectivity index (χ1n) is 6.85. The second-order valence-corrected chi connectivity index (χ2v) is 5.94. The summed E-state index contributed by atoms with van der Waals surface area (Å²) in [7, 11) is 0. The standard InChI is InChI=1S/C17H16BrNO/c1-2-19-16-6-4-3-5-14(16)15(17(19)20)11-12-7-9-13(18)10-8-12/h3-10,15H,2,11H2,1H3. The molecule has 1 amide bonds. The molecule has 1 atom stereocenters. The van der Waals surface area contributed by atoms with Crippen molar-refractivity contribution in [3.8, 4) is 0 Å². The molecule has 0 fully saturated rings. The van der Waals surface area contributed by atoms with Gasteiger partial charge < -0.3 is 4.90 Å². The summed E-state index contributed by atoms with van der Waals surface area (Å²) in [4.78, 5) is 14.5. The van der Waals surface area contributed by atoms with Gasteiger partial charge in [-0.25, -0.2) is 0 Å². The molecule has 2 nitrogen and oxygen atoms in total. The smallest absolute Gasteiger partial charge is 0.234 e. The fourth-order valence-corrected chi connectivity index (χ4v) is 3.11. The molecule has 1 aliphatic heterocycles. The van der Waals surface area contributed by atoms with Crippen LogP contribution in [0.4, 0.5) is 5.69 Å². The van der Waals surface area contributed by atoms with Crippen molar-refractivity contribution in [2.24, 2.45) is 0 Å². The number of anilines is 1. The van der Waals surface area contributed by atoms with Crippen LogP contribution in [0.15, 0.2) is 53.0 Å². The van der Waals surface area contributed by atoms with Gasteiger partial charge in [0.05, 0.1) is 5.92 Å². The highest BCUT2D eigenvalue weighted by Crippen LogP contribution is 2.38. The van der Waals surface area contributed by atoms with E-state index in [0.717, 1.165) is 28.7 Å².